The van der Waals surface area contributed by atoms with Gasteiger partial charge in [-0.05, 0) is 0 Å². The van der Waals surface area contributed by atoms with Gasteiger partial charge in [-0.1, -0.05) is 0 Å². The molecule has 6 nitrogen and oxygen atoms in total. The van der Waals surface area contributed by atoms with Gasteiger partial charge in [-0.2, -0.15) is 0 Å². The minimum atomic E-state index is -1.52. The highest BCUT2D eigenvalue weighted by atomic mass is 16.5. The molecule has 1 rings (SSSR count). The molecule has 0 bridgehead atoms. The van der Waals surface area contributed by atoms with Crippen molar-refractivity contribution in [1.29, 1.82) is 0 Å². The molecule has 6 heteroatoms. The molecule has 0 aromatic rings. The van der Waals surface area contributed by atoms with Crippen LogP contribution in [-0.2, 0) is 23.8 Å². The van der Waals surface area contributed by atoms with Crippen molar-refractivity contribution in [2.45, 2.75) is 37.1 Å². The number of methoxy groups -OCH3 is 3. The summed E-state index contributed by atoms with van der Waals surface area (Å²) < 4.78 is 14.7. The van der Waals surface area contributed by atoms with Crippen LogP contribution in [0.5, 0.6) is 0 Å². The van der Waals surface area contributed by atoms with Gasteiger partial charge in [-0.3, -0.25) is 9.59 Å². The Morgan fingerprint density at radius 1 is 1.29 bits per heavy atom. The fraction of sp³-hybridized carbons (Fsp3) is 0.818. The molecule has 2 unspecified atom stereocenters. The van der Waals surface area contributed by atoms with E-state index in [1.807, 2.05) is 0 Å². The van der Waals surface area contributed by atoms with E-state index in [0.717, 1.165) is 0 Å². The topological polar surface area (TPSA) is 82.1 Å². The molecular weight excluding hydrogens is 228 g/mol. The monoisotopic (exact) mass is 246 g/mol. The first kappa shape index (κ1) is 14.1. The molecule has 0 saturated heterocycles. The molecular formula is C11H18O6. The summed E-state index contributed by atoms with van der Waals surface area (Å²) in [5.41, 5.74) is -1.52. The third-order valence-corrected chi connectivity index (χ3v) is 3.17. The number of hydrogen-bond acceptors (Lipinski definition) is 6. The summed E-state index contributed by atoms with van der Waals surface area (Å²) in [5.74, 6) is -0.621. The summed E-state index contributed by atoms with van der Waals surface area (Å²) in [6.07, 6.45) is -1.62. The summed E-state index contributed by atoms with van der Waals surface area (Å²) >= 11 is 0. The standard InChI is InChI=1S/C11H18O6/c1-15-8-4-7(12)5-9(16-2)11(8,14)6-10(13)17-3/h8-9,14H,4-6H2,1-3H3. The van der Waals surface area contributed by atoms with Crippen LogP contribution >= 0.6 is 0 Å². The lowest BCUT2D eigenvalue weighted by molar-refractivity contribution is -0.198. The third-order valence-electron chi connectivity index (χ3n) is 3.17. The third kappa shape index (κ3) is 2.83. The lowest BCUT2D eigenvalue weighted by Gasteiger charge is -2.42. The van der Waals surface area contributed by atoms with Crippen LogP contribution in [0.25, 0.3) is 0 Å². The number of carbonyl (C=O) groups is 2. The maximum Gasteiger partial charge on any atom is 0.308 e. The zero-order chi connectivity index (χ0) is 13.1. The average Bonchev–Trinajstić information content (AvgIpc) is 2.31. The van der Waals surface area contributed by atoms with Crippen LogP contribution in [0, 0.1) is 0 Å². The molecule has 1 aliphatic rings. The quantitative estimate of drug-likeness (QED) is 0.684. The number of ether oxygens (including phenoxy) is 3. The number of carbonyl (C=O) groups excluding carboxylic acids is 2. The highest BCUT2D eigenvalue weighted by Crippen LogP contribution is 2.34. The number of esters is 1. The molecule has 0 heterocycles. The van der Waals surface area contributed by atoms with Crippen molar-refractivity contribution < 1.29 is 28.9 Å². The van der Waals surface area contributed by atoms with Gasteiger partial charge in [-0.15, -0.1) is 0 Å². The molecule has 2 atom stereocenters. The Hall–Kier alpha value is -0.980. The summed E-state index contributed by atoms with van der Waals surface area (Å²) in [7, 11) is 4.01. The molecule has 0 aliphatic heterocycles. The van der Waals surface area contributed by atoms with Gasteiger partial charge in [0.2, 0.25) is 0 Å². The second-order valence-corrected chi connectivity index (χ2v) is 4.14. The Labute approximate surface area is 99.8 Å². The number of aliphatic hydroxyl groups is 1. The van der Waals surface area contributed by atoms with Crippen molar-refractivity contribution in [3.63, 3.8) is 0 Å². The lowest BCUT2D eigenvalue weighted by atomic mass is 9.76. The van der Waals surface area contributed by atoms with Crippen LogP contribution in [0.4, 0.5) is 0 Å². The van der Waals surface area contributed by atoms with Crippen LogP contribution in [0.3, 0.4) is 0 Å². The number of rotatable bonds is 4. The zero-order valence-corrected chi connectivity index (χ0v) is 10.3. The minimum Gasteiger partial charge on any atom is -0.469 e. The molecule has 1 aliphatic carbocycles. The largest absolute Gasteiger partial charge is 0.469 e. The van der Waals surface area contributed by atoms with Crippen molar-refractivity contribution in [3.05, 3.63) is 0 Å². The van der Waals surface area contributed by atoms with Gasteiger partial charge in [0.05, 0.1) is 25.7 Å². The predicted octanol–water partition coefficient (Wildman–Crippen LogP) is -0.326. The predicted molar refractivity (Wildman–Crippen MR) is 57.4 cm³/mol. The van der Waals surface area contributed by atoms with E-state index in [9.17, 15) is 14.7 Å². The van der Waals surface area contributed by atoms with Gasteiger partial charge in [-0.25, -0.2) is 0 Å². The molecule has 1 saturated carbocycles. The van der Waals surface area contributed by atoms with Crippen molar-refractivity contribution >= 4 is 11.8 Å². The average molecular weight is 246 g/mol. The van der Waals surface area contributed by atoms with Gasteiger partial charge in [0.15, 0.2) is 0 Å². The molecule has 0 spiro atoms. The first-order chi connectivity index (χ1) is 7.97. The second-order valence-electron chi connectivity index (χ2n) is 4.14. The molecule has 98 valence electrons. The van der Waals surface area contributed by atoms with E-state index in [1.165, 1.54) is 21.3 Å². The van der Waals surface area contributed by atoms with Crippen LogP contribution < -0.4 is 0 Å². The molecule has 0 aromatic carbocycles. The lowest BCUT2D eigenvalue weighted by Crippen LogP contribution is -2.59. The number of hydrogen-bond donors (Lipinski definition) is 1. The molecule has 1 fully saturated rings. The van der Waals surface area contributed by atoms with E-state index in [2.05, 4.69) is 4.74 Å². The van der Waals surface area contributed by atoms with E-state index in [-0.39, 0.29) is 25.0 Å². The number of Topliss-reactive ketones (excluding diaryl/α,β-unsaturated/α-hetero) is 1. The molecule has 0 aromatic heterocycles. The molecule has 0 radical (unpaired) electrons. The first-order valence-corrected chi connectivity index (χ1v) is 5.34. The normalized spacial score (nSPS) is 33.5. The van der Waals surface area contributed by atoms with Crippen LogP contribution in [0.1, 0.15) is 19.3 Å². The Bertz CT molecular complexity index is 284. The Kier molecular flexibility index (Phi) is 4.62. The smallest absolute Gasteiger partial charge is 0.308 e. The second kappa shape index (κ2) is 5.57. The van der Waals surface area contributed by atoms with Gasteiger partial charge in [0.1, 0.15) is 11.4 Å². The van der Waals surface area contributed by atoms with Crippen molar-refractivity contribution in [2.24, 2.45) is 0 Å². The Morgan fingerprint density at radius 2 is 1.76 bits per heavy atom. The van der Waals surface area contributed by atoms with Gasteiger partial charge >= 0.3 is 5.97 Å². The minimum absolute atomic E-state index is 0.0572. The highest BCUT2D eigenvalue weighted by molar-refractivity contribution is 5.82. The molecule has 1 N–H and O–H groups in total. The summed E-state index contributed by atoms with van der Waals surface area (Å²) in [6, 6.07) is 0. The Balaban J connectivity index is 2.94. The summed E-state index contributed by atoms with van der Waals surface area (Å²) in [5, 5.41) is 10.5. The highest BCUT2D eigenvalue weighted by Gasteiger charge is 2.51. The molecule has 17 heavy (non-hydrogen) atoms. The number of ketones is 1. The van der Waals surface area contributed by atoms with E-state index in [4.69, 9.17) is 9.47 Å². The van der Waals surface area contributed by atoms with E-state index in [0.29, 0.717) is 0 Å². The maximum atomic E-state index is 11.5. The molecule has 0 amide bonds. The van der Waals surface area contributed by atoms with E-state index < -0.39 is 23.8 Å². The SMILES string of the molecule is COC(=O)CC1(O)C(OC)CC(=O)CC1OC. The Morgan fingerprint density at radius 3 is 2.12 bits per heavy atom. The zero-order valence-electron chi connectivity index (χ0n) is 10.3. The van der Waals surface area contributed by atoms with Crippen LogP contribution in [0.2, 0.25) is 0 Å². The van der Waals surface area contributed by atoms with Crippen molar-refractivity contribution in [3.8, 4) is 0 Å². The van der Waals surface area contributed by atoms with Crippen LogP contribution in [-0.4, -0.2) is 56.0 Å². The van der Waals surface area contributed by atoms with Gasteiger partial charge in [0.25, 0.3) is 0 Å². The van der Waals surface area contributed by atoms with Crippen molar-refractivity contribution in [1.82, 2.24) is 0 Å². The van der Waals surface area contributed by atoms with E-state index >= 15 is 0 Å². The van der Waals surface area contributed by atoms with Crippen LogP contribution in [0.15, 0.2) is 0 Å². The van der Waals surface area contributed by atoms with Gasteiger partial charge in [0, 0.05) is 27.1 Å². The van der Waals surface area contributed by atoms with Gasteiger partial charge < -0.3 is 19.3 Å². The fourth-order valence-electron chi connectivity index (χ4n) is 2.16. The summed E-state index contributed by atoms with van der Waals surface area (Å²) in [4.78, 5) is 22.8. The van der Waals surface area contributed by atoms with E-state index in [1.54, 1.807) is 0 Å². The maximum absolute atomic E-state index is 11.5. The fourth-order valence-corrected chi connectivity index (χ4v) is 2.16. The summed E-state index contributed by atoms with van der Waals surface area (Å²) in [6.45, 7) is 0. The first-order valence-electron chi connectivity index (χ1n) is 5.34. The van der Waals surface area contributed by atoms with Crippen molar-refractivity contribution in [2.75, 3.05) is 21.3 Å².